The van der Waals surface area contributed by atoms with E-state index < -0.39 is 66.9 Å². The lowest BCUT2D eigenvalue weighted by atomic mass is 10.1. The lowest BCUT2D eigenvalue weighted by Crippen LogP contribution is -2.58. The van der Waals surface area contributed by atoms with Crippen molar-refractivity contribution in [1.82, 2.24) is 15.5 Å². The van der Waals surface area contributed by atoms with Crippen LogP contribution in [-0.2, 0) is 30.4 Å². The van der Waals surface area contributed by atoms with Crippen LogP contribution in [0.4, 0.5) is 0 Å². The number of nitrogens with two attached hydrogens (primary N) is 1. The van der Waals surface area contributed by atoms with Gasteiger partial charge in [-0.2, -0.15) is 0 Å². The third-order valence-corrected chi connectivity index (χ3v) is 5.36. The second-order valence-corrected chi connectivity index (χ2v) is 7.91. The van der Waals surface area contributed by atoms with Crippen molar-refractivity contribution in [2.75, 3.05) is 13.2 Å². The van der Waals surface area contributed by atoms with Crippen LogP contribution < -0.4 is 16.4 Å². The predicted molar refractivity (Wildman–Crippen MR) is 115 cm³/mol. The Morgan fingerprint density at radius 1 is 1.06 bits per heavy atom. The molecule has 13 nitrogen and oxygen atoms in total. The number of carbonyl (C=O) groups is 5. The van der Waals surface area contributed by atoms with E-state index in [4.69, 9.17) is 10.8 Å². The van der Waals surface area contributed by atoms with Gasteiger partial charge < -0.3 is 41.7 Å². The van der Waals surface area contributed by atoms with Crippen LogP contribution in [0.3, 0.4) is 0 Å². The molecule has 0 saturated carbocycles. The molecule has 186 valence electrons. The minimum atomic E-state index is -1.49. The summed E-state index contributed by atoms with van der Waals surface area (Å²) in [6.07, 6.45) is -0.0220. The van der Waals surface area contributed by atoms with Gasteiger partial charge in [0.25, 0.3) is 0 Å². The molecule has 1 heterocycles. The Bertz CT molecular complexity index is 921. The third kappa shape index (κ3) is 7.15. The van der Waals surface area contributed by atoms with E-state index in [0.29, 0.717) is 12.0 Å². The molecular formula is C21H28N4O9. The van der Waals surface area contributed by atoms with Crippen LogP contribution in [0.25, 0.3) is 0 Å². The number of nitrogens with zero attached hydrogens (tertiary/aromatic N) is 1. The molecule has 1 saturated heterocycles. The van der Waals surface area contributed by atoms with Gasteiger partial charge in [0.1, 0.15) is 23.9 Å². The first kappa shape index (κ1) is 26.5. The number of phenolic OH excluding ortho intramolecular Hbond substituents is 1. The van der Waals surface area contributed by atoms with Gasteiger partial charge in [-0.25, -0.2) is 4.79 Å². The molecule has 1 aliphatic rings. The first-order chi connectivity index (χ1) is 16.0. The standard InChI is InChI=1S/C21H28N4O9/c22-13(9-17(28)29)20(32)25-7-1-2-16(25)19(31)24-15(10-26)18(30)23-14(21(33)34)8-11-3-5-12(27)6-4-11/h3-6,13-16,26-27H,1-2,7-10,22H2,(H,23,30)(H,24,31)(H,28,29)(H,33,34)/t13-,14-,15-,16-/m0/s1. The number of aliphatic hydroxyl groups excluding tert-OH is 1. The molecule has 8 N–H and O–H groups in total. The molecule has 2 rings (SSSR count). The lowest BCUT2D eigenvalue weighted by molar-refractivity contribution is -0.144. The number of rotatable bonds is 11. The zero-order valence-corrected chi connectivity index (χ0v) is 18.2. The van der Waals surface area contributed by atoms with Gasteiger partial charge in [-0.3, -0.25) is 19.2 Å². The van der Waals surface area contributed by atoms with Gasteiger partial charge in [-0.15, -0.1) is 0 Å². The predicted octanol–water partition coefficient (Wildman–Crippen LogP) is -2.23. The summed E-state index contributed by atoms with van der Waals surface area (Å²) in [7, 11) is 0. The number of aliphatic carboxylic acids is 2. The van der Waals surface area contributed by atoms with Crippen molar-refractivity contribution in [3.63, 3.8) is 0 Å². The van der Waals surface area contributed by atoms with Crippen molar-refractivity contribution < 1.29 is 44.4 Å². The minimum Gasteiger partial charge on any atom is -0.508 e. The Hall–Kier alpha value is -3.71. The number of carboxylic acid groups (broad SMARTS) is 2. The number of carboxylic acids is 2. The summed E-state index contributed by atoms with van der Waals surface area (Å²) in [4.78, 5) is 61.3. The fourth-order valence-electron chi connectivity index (χ4n) is 3.59. The first-order valence-corrected chi connectivity index (χ1v) is 10.5. The average molecular weight is 480 g/mol. The highest BCUT2D eigenvalue weighted by Gasteiger charge is 2.38. The molecule has 13 heteroatoms. The topological polar surface area (TPSA) is 220 Å². The fourth-order valence-corrected chi connectivity index (χ4v) is 3.59. The SMILES string of the molecule is N[C@@H](CC(=O)O)C(=O)N1CCC[C@H]1C(=O)N[C@@H](CO)C(=O)N[C@@H](Cc1ccc(O)cc1)C(=O)O. The second-order valence-electron chi connectivity index (χ2n) is 7.91. The van der Waals surface area contributed by atoms with Crippen LogP contribution in [0.1, 0.15) is 24.8 Å². The van der Waals surface area contributed by atoms with E-state index in [0.717, 1.165) is 4.90 Å². The number of aromatic hydroxyl groups is 1. The number of amides is 3. The minimum absolute atomic E-state index is 0.00827. The van der Waals surface area contributed by atoms with E-state index in [1.807, 2.05) is 0 Å². The molecule has 0 bridgehead atoms. The van der Waals surface area contributed by atoms with Gasteiger partial charge in [0.05, 0.1) is 19.1 Å². The fraction of sp³-hybridized carbons (Fsp3) is 0.476. The maximum absolute atomic E-state index is 12.7. The molecule has 0 spiro atoms. The molecule has 1 aromatic rings. The van der Waals surface area contributed by atoms with E-state index in [1.165, 1.54) is 24.3 Å². The highest BCUT2D eigenvalue weighted by Crippen LogP contribution is 2.19. The van der Waals surface area contributed by atoms with Crippen molar-refractivity contribution >= 4 is 29.7 Å². The third-order valence-electron chi connectivity index (χ3n) is 5.36. The molecule has 0 aliphatic carbocycles. The van der Waals surface area contributed by atoms with Crippen molar-refractivity contribution in [3.8, 4) is 5.75 Å². The number of benzene rings is 1. The number of carbonyl (C=O) groups excluding carboxylic acids is 3. The van der Waals surface area contributed by atoms with Crippen LogP contribution in [0.15, 0.2) is 24.3 Å². The molecular weight excluding hydrogens is 452 g/mol. The number of likely N-dealkylation sites (tertiary alicyclic amines) is 1. The first-order valence-electron chi connectivity index (χ1n) is 10.5. The van der Waals surface area contributed by atoms with Gasteiger partial charge >= 0.3 is 11.9 Å². The van der Waals surface area contributed by atoms with E-state index in [2.05, 4.69) is 10.6 Å². The molecule has 0 unspecified atom stereocenters. The lowest BCUT2D eigenvalue weighted by Gasteiger charge is -2.28. The molecule has 4 atom stereocenters. The Labute approximate surface area is 194 Å². The van der Waals surface area contributed by atoms with Crippen LogP contribution >= 0.6 is 0 Å². The largest absolute Gasteiger partial charge is 0.508 e. The van der Waals surface area contributed by atoms with E-state index in [-0.39, 0.29) is 25.1 Å². The van der Waals surface area contributed by atoms with Crippen LogP contribution in [-0.4, -0.2) is 92.3 Å². The normalized spacial score (nSPS) is 17.9. The molecule has 34 heavy (non-hydrogen) atoms. The molecule has 1 aliphatic heterocycles. The summed E-state index contributed by atoms with van der Waals surface area (Å²) < 4.78 is 0. The van der Waals surface area contributed by atoms with Crippen molar-refractivity contribution in [2.24, 2.45) is 5.73 Å². The Morgan fingerprint density at radius 3 is 2.26 bits per heavy atom. The van der Waals surface area contributed by atoms with E-state index in [1.54, 1.807) is 0 Å². The molecule has 0 aromatic heterocycles. The van der Waals surface area contributed by atoms with Crippen molar-refractivity contribution in [1.29, 1.82) is 0 Å². The summed E-state index contributed by atoms with van der Waals surface area (Å²) in [6.45, 7) is -0.656. The smallest absolute Gasteiger partial charge is 0.326 e. The van der Waals surface area contributed by atoms with Crippen LogP contribution in [0.2, 0.25) is 0 Å². The zero-order valence-electron chi connectivity index (χ0n) is 18.2. The van der Waals surface area contributed by atoms with Crippen LogP contribution in [0, 0.1) is 0 Å². The number of aliphatic hydroxyl groups is 1. The van der Waals surface area contributed by atoms with Gasteiger partial charge in [0.15, 0.2) is 0 Å². The monoisotopic (exact) mass is 480 g/mol. The quantitative estimate of drug-likeness (QED) is 0.181. The maximum Gasteiger partial charge on any atom is 0.326 e. The second kappa shape index (κ2) is 12.0. The summed E-state index contributed by atoms with van der Waals surface area (Å²) in [5.74, 6) is -5.03. The van der Waals surface area contributed by atoms with Gasteiger partial charge in [0, 0.05) is 13.0 Å². The molecule has 0 radical (unpaired) electrons. The zero-order chi connectivity index (χ0) is 25.4. The molecule has 3 amide bonds. The van der Waals surface area contributed by atoms with Gasteiger partial charge in [-0.05, 0) is 30.5 Å². The van der Waals surface area contributed by atoms with Crippen molar-refractivity contribution in [2.45, 2.75) is 49.9 Å². The molecule has 1 aromatic carbocycles. The Balaban J connectivity index is 2.02. The summed E-state index contributed by atoms with van der Waals surface area (Å²) in [5, 5.41) is 41.8. The maximum atomic E-state index is 12.7. The number of hydrogen-bond donors (Lipinski definition) is 7. The highest BCUT2D eigenvalue weighted by atomic mass is 16.4. The van der Waals surface area contributed by atoms with Crippen LogP contribution in [0.5, 0.6) is 5.75 Å². The Morgan fingerprint density at radius 2 is 1.71 bits per heavy atom. The number of nitrogens with one attached hydrogen (secondary N) is 2. The number of phenols is 1. The van der Waals surface area contributed by atoms with E-state index >= 15 is 0 Å². The van der Waals surface area contributed by atoms with Gasteiger partial charge in [-0.1, -0.05) is 12.1 Å². The summed E-state index contributed by atoms with van der Waals surface area (Å²) in [5.41, 5.74) is 6.13. The average Bonchev–Trinajstić information content (AvgIpc) is 3.27. The molecule has 1 fully saturated rings. The highest BCUT2D eigenvalue weighted by molar-refractivity contribution is 5.95. The van der Waals surface area contributed by atoms with Crippen molar-refractivity contribution in [3.05, 3.63) is 29.8 Å². The summed E-state index contributed by atoms with van der Waals surface area (Å²) >= 11 is 0. The Kier molecular flexibility index (Phi) is 9.33. The van der Waals surface area contributed by atoms with E-state index in [9.17, 15) is 39.3 Å². The number of hydrogen-bond acceptors (Lipinski definition) is 8. The summed E-state index contributed by atoms with van der Waals surface area (Å²) in [6, 6.07) is 0.502. The van der Waals surface area contributed by atoms with Gasteiger partial charge in [0.2, 0.25) is 17.7 Å².